The van der Waals surface area contributed by atoms with Crippen LogP contribution in [-0.2, 0) is 19.1 Å². The zero-order valence-electron chi connectivity index (χ0n) is 61.4. The van der Waals surface area contributed by atoms with E-state index < -0.39 is 6.10 Å². The Morgan fingerprint density at radius 1 is 0.245 bits per heavy atom. The van der Waals surface area contributed by atoms with Crippen molar-refractivity contribution in [1.29, 1.82) is 0 Å². The van der Waals surface area contributed by atoms with Crippen LogP contribution in [0.2, 0.25) is 0 Å². The van der Waals surface area contributed by atoms with Crippen LogP contribution in [0.5, 0.6) is 0 Å². The van der Waals surface area contributed by atoms with E-state index in [0.29, 0.717) is 12.8 Å². The number of aliphatic hydroxyl groups is 1. The predicted molar refractivity (Wildman–Crippen MR) is 417 cm³/mol. The van der Waals surface area contributed by atoms with E-state index in [9.17, 15) is 14.7 Å². The summed E-state index contributed by atoms with van der Waals surface area (Å²) >= 11 is 0. The minimum absolute atomic E-state index is 0.0684. The number of hydrogen-bond acceptors (Lipinski definition) is 5. The molecule has 0 aliphatic rings. The van der Waals surface area contributed by atoms with Crippen LogP contribution in [0.1, 0.15) is 361 Å². The highest BCUT2D eigenvalue weighted by Gasteiger charge is 2.16. The van der Waals surface area contributed by atoms with Crippen molar-refractivity contribution in [2.75, 3.05) is 13.2 Å². The third-order valence-corrected chi connectivity index (χ3v) is 17.0. The predicted octanol–water partition coefficient (Wildman–Crippen LogP) is 28.3. The molecule has 1 unspecified atom stereocenters. The summed E-state index contributed by atoms with van der Waals surface area (Å²) in [6.07, 6.45) is 127. The van der Waals surface area contributed by atoms with Gasteiger partial charge in [0.1, 0.15) is 6.61 Å². The molecule has 0 amide bonds. The van der Waals surface area contributed by atoms with Gasteiger partial charge >= 0.3 is 11.9 Å². The van der Waals surface area contributed by atoms with Crippen molar-refractivity contribution < 1.29 is 24.2 Å². The van der Waals surface area contributed by atoms with Gasteiger partial charge in [-0.05, 0) is 128 Å². The Morgan fingerprint density at radius 3 is 0.638 bits per heavy atom. The van der Waals surface area contributed by atoms with Gasteiger partial charge in [-0.15, -0.1) is 0 Å². The molecule has 0 rings (SSSR count). The Kier molecular flexibility index (Phi) is 78.3. The Labute approximate surface area is 583 Å². The first kappa shape index (κ1) is 89.3. The van der Waals surface area contributed by atoms with E-state index in [1.165, 1.54) is 205 Å². The van der Waals surface area contributed by atoms with Crippen LogP contribution in [0.15, 0.2) is 170 Å². The molecule has 0 bridgehead atoms. The van der Waals surface area contributed by atoms with E-state index in [4.69, 9.17) is 9.47 Å². The van der Waals surface area contributed by atoms with Crippen LogP contribution in [-0.4, -0.2) is 36.4 Å². The van der Waals surface area contributed by atoms with Gasteiger partial charge in [-0.2, -0.15) is 0 Å². The van der Waals surface area contributed by atoms with E-state index in [0.717, 1.165) is 128 Å². The quantitative estimate of drug-likeness (QED) is 0.0373. The highest BCUT2D eigenvalue weighted by molar-refractivity contribution is 5.70. The molecule has 94 heavy (non-hydrogen) atoms. The number of allylic oxidation sites excluding steroid dienone is 28. The van der Waals surface area contributed by atoms with Gasteiger partial charge in [0.2, 0.25) is 0 Å². The second kappa shape index (κ2) is 82.5. The van der Waals surface area contributed by atoms with Crippen LogP contribution in [0.3, 0.4) is 0 Å². The molecule has 0 fully saturated rings. The maximum absolute atomic E-state index is 12.4. The van der Waals surface area contributed by atoms with Crippen molar-refractivity contribution in [2.45, 2.75) is 367 Å². The molecule has 0 aromatic heterocycles. The molecule has 0 heterocycles. The summed E-state index contributed by atoms with van der Waals surface area (Å²) in [5, 5.41) is 9.73. The van der Waals surface area contributed by atoms with Gasteiger partial charge in [0.05, 0.1) is 6.61 Å². The van der Waals surface area contributed by atoms with Gasteiger partial charge in [0, 0.05) is 12.8 Å². The number of carbonyl (C=O) groups excluding carboxylic acids is 2. The summed E-state index contributed by atoms with van der Waals surface area (Å²) in [6.45, 7) is 3.94. The number of hydrogen-bond donors (Lipinski definition) is 1. The zero-order chi connectivity index (χ0) is 67.5. The molecule has 0 saturated carbocycles. The Hall–Kier alpha value is -4.74. The molecule has 5 heteroatoms. The van der Waals surface area contributed by atoms with Gasteiger partial charge in [-0.1, -0.05) is 389 Å². The van der Waals surface area contributed by atoms with E-state index in [2.05, 4.69) is 184 Å². The Morgan fingerprint density at radius 2 is 0.426 bits per heavy atom. The average molecular weight is 1300 g/mol. The van der Waals surface area contributed by atoms with E-state index in [1.807, 2.05) is 0 Å². The first-order valence-electron chi connectivity index (χ1n) is 39.7. The second-order valence-corrected chi connectivity index (χ2v) is 26.0. The van der Waals surface area contributed by atoms with Crippen molar-refractivity contribution in [3.63, 3.8) is 0 Å². The fraction of sp³-hybridized carbons (Fsp3) is 0.663. The van der Waals surface area contributed by atoms with E-state index >= 15 is 0 Å². The van der Waals surface area contributed by atoms with Crippen molar-refractivity contribution >= 4 is 11.9 Å². The van der Waals surface area contributed by atoms with Crippen LogP contribution < -0.4 is 0 Å². The van der Waals surface area contributed by atoms with Gasteiger partial charge in [-0.3, -0.25) is 9.59 Å². The molecule has 0 aliphatic carbocycles. The number of esters is 2. The number of unbranched alkanes of at least 4 members (excludes halogenated alkanes) is 36. The van der Waals surface area contributed by atoms with Crippen molar-refractivity contribution in [3.8, 4) is 0 Å². The van der Waals surface area contributed by atoms with Crippen LogP contribution in [0, 0.1) is 0 Å². The highest BCUT2D eigenvalue weighted by Crippen LogP contribution is 2.18. The van der Waals surface area contributed by atoms with Crippen LogP contribution >= 0.6 is 0 Å². The molecule has 0 aliphatic heterocycles. The summed E-state index contributed by atoms with van der Waals surface area (Å²) in [6, 6.07) is 0. The molecule has 0 aromatic rings. The summed E-state index contributed by atoms with van der Waals surface area (Å²) in [5.74, 6) is -0.581. The van der Waals surface area contributed by atoms with Crippen molar-refractivity contribution in [2.24, 2.45) is 0 Å². The average Bonchev–Trinajstić information content (AvgIpc) is 3.77. The second-order valence-electron chi connectivity index (χ2n) is 26.0. The van der Waals surface area contributed by atoms with Gasteiger partial charge in [-0.25, -0.2) is 0 Å². The zero-order valence-corrected chi connectivity index (χ0v) is 61.4. The summed E-state index contributed by atoms with van der Waals surface area (Å²) in [4.78, 5) is 24.7. The van der Waals surface area contributed by atoms with Crippen LogP contribution in [0.25, 0.3) is 0 Å². The monoisotopic (exact) mass is 1300 g/mol. The van der Waals surface area contributed by atoms with Crippen molar-refractivity contribution in [3.05, 3.63) is 170 Å². The van der Waals surface area contributed by atoms with Crippen molar-refractivity contribution in [1.82, 2.24) is 0 Å². The number of rotatable bonds is 72. The smallest absolute Gasteiger partial charge is 0.306 e. The number of carbonyl (C=O) groups is 2. The lowest BCUT2D eigenvalue weighted by molar-refractivity contribution is -0.161. The first-order chi connectivity index (χ1) is 46.6. The lowest BCUT2D eigenvalue weighted by Crippen LogP contribution is -2.28. The summed E-state index contributed by atoms with van der Waals surface area (Å²) < 4.78 is 10.8. The summed E-state index contributed by atoms with van der Waals surface area (Å²) in [5.41, 5.74) is 0. The molecule has 5 nitrogen and oxygen atoms in total. The molecule has 0 aromatic carbocycles. The maximum atomic E-state index is 12.4. The molecule has 0 spiro atoms. The minimum Gasteiger partial charge on any atom is -0.462 e. The maximum Gasteiger partial charge on any atom is 0.306 e. The van der Waals surface area contributed by atoms with Gasteiger partial charge in [0.25, 0.3) is 0 Å². The Balaban J connectivity index is 3.46. The molecule has 0 radical (unpaired) electrons. The first-order valence-corrected chi connectivity index (χ1v) is 39.7. The fourth-order valence-electron chi connectivity index (χ4n) is 11.2. The molecular formula is C89H148O5. The lowest BCUT2D eigenvalue weighted by atomic mass is 10.0. The molecule has 0 saturated heterocycles. The van der Waals surface area contributed by atoms with Gasteiger partial charge in [0.15, 0.2) is 6.10 Å². The largest absolute Gasteiger partial charge is 0.462 e. The van der Waals surface area contributed by atoms with E-state index in [-0.39, 0.29) is 25.2 Å². The SMILES string of the molecule is CC/C=C\C/C=C\C/C=C\C/C=C\C/C=C\C/C=C\C/C=C\CCCCCCCCCCCCCCCCCCCCCC(=O)OC(CO)COC(=O)CCCCCCCCCCCCCCCCCCC/C=C\C/C=C\C/C=C\C/C=C\C/C=C\C/C=C\C/C=C\CC. The molecule has 534 valence electrons. The topological polar surface area (TPSA) is 72.8 Å². The fourth-order valence-corrected chi connectivity index (χ4v) is 11.2. The third kappa shape index (κ3) is 79.7. The minimum atomic E-state index is -0.780. The lowest BCUT2D eigenvalue weighted by Gasteiger charge is -2.15. The number of aliphatic hydroxyl groups excluding tert-OH is 1. The highest BCUT2D eigenvalue weighted by atomic mass is 16.6. The molecular weight excluding hydrogens is 1150 g/mol. The van der Waals surface area contributed by atoms with Gasteiger partial charge < -0.3 is 14.6 Å². The molecule has 1 N–H and O–H groups in total. The number of ether oxygens (including phenoxy) is 2. The molecule has 1 atom stereocenters. The van der Waals surface area contributed by atoms with Crippen LogP contribution in [0.4, 0.5) is 0 Å². The van der Waals surface area contributed by atoms with E-state index in [1.54, 1.807) is 0 Å². The Bertz CT molecular complexity index is 2010. The standard InChI is InChI=1S/C89H148O5/c1-3-5-7-9-11-13-15-17-19-21-23-25-27-29-31-33-35-37-39-41-43-44-46-48-50-52-54-56-58-60-62-64-66-68-70-72-74-76-78-80-82-84-89(92)94-87(85-90)86-93-88(91)83-81-79-77-75-73-71-69-67-65-63-61-59-57-55-53-51-49-47-45-42-40-38-36-34-32-30-28-26-24-22-20-18-16-14-12-10-8-6-4-2/h5-8,11-14,17-20,23-26,29-32,35-38,41-43,45,87,90H,3-4,9-10,15-16,21-22,27-28,33-34,39-40,44,46-86H2,1-2H3/b7-5-,8-6-,13-11-,14-12-,19-17-,20-18-,25-23-,26-24-,31-29-,32-30-,37-35-,38-36-,43-41-,45-42-. The summed E-state index contributed by atoms with van der Waals surface area (Å²) in [7, 11) is 0. The third-order valence-electron chi connectivity index (χ3n) is 17.0. The normalized spacial score (nSPS) is 13.2.